The van der Waals surface area contributed by atoms with Crippen LogP contribution in [0.15, 0.2) is 72.8 Å². The number of hydrogen-bond donors (Lipinski definition) is 2. The molecule has 0 bridgehead atoms. The van der Waals surface area contributed by atoms with E-state index >= 15 is 0 Å². The van der Waals surface area contributed by atoms with Gasteiger partial charge in [-0.25, -0.2) is 0 Å². The molecule has 4 amide bonds. The quantitative estimate of drug-likeness (QED) is 0.592. The molecular formula is C25H21N3O4. The Labute approximate surface area is 185 Å². The van der Waals surface area contributed by atoms with Crippen LogP contribution in [-0.2, 0) is 13.1 Å². The van der Waals surface area contributed by atoms with Crippen molar-refractivity contribution < 1.29 is 19.2 Å². The van der Waals surface area contributed by atoms with Crippen molar-refractivity contribution in [2.45, 2.75) is 13.1 Å². The van der Waals surface area contributed by atoms with Crippen LogP contribution in [-0.4, -0.2) is 35.6 Å². The summed E-state index contributed by atoms with van der Waals surface area (Å²) in [5, 5.41) is 5.40. The van der Waals surface area contributed by atoms with Crippen molar-refractivity contribution >= 4 is 23.6 Å². The Hall–Kier alpha value is -4.26. The summed E-state index contributed by atoms with van der Waals surface area (Å²) in [5.41, 5.74) is 3.47. The number of fused-ring (bicyclic) bond motifs is 1. The van der Waals surface area contributed by atoms with Crippen LogP contribution in [0.1, 0.15) is 52.6 Å². The fourth-order valence-electron chi connectivity index (χ4n) is 3.53. The van der Waals surface area contributed by atoms with Gasteiger partial charge in [0.05, 0.1) is 17.7 Å². The van der Waals surface area contributed by atoms with E-state index in [2.05, 4.69) is 10.6 Å². The number of carbonyl (C=O) groups excluding carboxylic acids is 4. The number of nitrogens with one attached hydrogen (secondary N) is 2. The van der Waals surface area contributed by atoms with Gasteiger partial charge in [0, 0.05) is 24.7 Å². The van der Waals surface area contributed by atoms with Gasteiger partial charge in [0.25, 0.3) is 23.6 Å². The van der Waals surface area contributed by atoms with Crippen LogP contribution in [0.25, 0.3) is 0 Å². The van der Waals surface area contributed by atoms with Crippen LogP contribution in [0, 0.1) is 0 Å². The van der Waals surface area contributed by atoms with Gasteiger partial charge in [0.2, 0.25) is 0 Å². The molecule has 7 nitrogen and oxygen atoms in total. The van der Waals surface area contributed by atoms with Crippen molar-refractivity contribution in [3.05, 3.63) is 106 Å². The van der Waals surface area contributed by atoms with Gasteiger partial charge in [0.15, 0.2) is 0 Å². The van der Waals surface area contributed by atoms with Gasteiger partial charge in [-0.15, -0.1) is 0 Å². The van der Waals surface area contributed by atoms with Crippen molar-refractivity contribution in [1.29, 1.82) is 0 Å². The molecule has 0 unspecified atom stereocenters. The van der Waals surface area contributed by atoms with Gasteiger partial charge in [-0.2, -0.15) is 0 Å². The second-order valence-corrected chi connectivity index (χ2v) is 7.40. The Morgan fingerprint density at radius 3 is 1.75 bits per heavy atom. The zero-order valence-corrected chi connectivity index (χ0v) is 17.4. The average Bonchev–Trinajstić information content (AvgIpc) is 3.08. The first-order chi connectivity index (χ1) is 15.5. The van der Waals surface area contributed by atoms with Gasteiger partial charge >= 0.3 is 0 Å². The molecule has 3 aromatic rings. The van der Waals surface area contributed by atoms with E-state index in [1.807, 2.05) is 0 Å². The van der Waals surface area contributed by atoms with Crippen LogP contribution in [0.4, 0.5) is 0 Å². The molecule has 1 heterocycles. The maximum Gasteiger partial charge on any atom is 0.261 e. The maximum absolute atomic E-state index is 12.5. The molecule has 3 aromatic carbocycles. The van der Waals surface area contributed by atoms with Crippen molar-refractivity contribution in [3.8, 4) is 0 Å². The fourth-order valence-corrected chi connectivity index (χ4v) is 3.53. The second-order valence-electron chi connectivity index (χ2n) is 7.40. The Morgan fingerprint density at radius 2 is 1.22 bits per heavy atom. The predicted molar refractivity (Wildman–Crippen MR) is 118 cm³/mol. The molecule has 32 heavy (non-hydrogen) atoms. The molecule has 1 aliphatic heterocycles. The van der Waals surface area contributed by atoms with Crippen LogP contribution in [0.5, 0.6) is 0 Å². The lowest BCUT2D eigenvalue weighted by atomic mass is 10.1. The van der Waals surface area contributed by atoms with E-state index in [1.54, 1.807) is 79.8 Å². The molecule has 0 radical (unpaired) electrons. The highest BCUT2D eigenvalue weighted by Crippen LogP contribution is 2.24. The standard InChI is InChI=1S/C25H21N3O4/c1-26-22(29)18-10-6-16(7-11-18)14-27-23(30)19-12-8-17(9-13-19)15-28-24(31)20-4-2-3-5-21(20)25(28)32/h2-13H,14-15H2,1H3,(H,26,29)(H,27,30). The zero-order valence-electron chi connectivity index (χ0n) is 17.4. The van der Waals surface area contributed by atoms with Gasteiger partial charge in [0.1, 0.15) is 0 Å². The number of rotatable bonds is 6. The normalized spacial score (nSPS) is 12.5. The summed E-state index contributed by atoms with van der Waals surface area (Å²) < 4.78 is 0. The number of hydrogen-bond acceptors (Lipinski definition) is 4. The lowest BCUT2D eigenvalue weighted by Gasteiger charge is -2.14. The Morgan fingerprint density at radius 1 is 0.719 bits per heavy atom. The Kier molecular flexibility index (Phi) is 5.81. The molecule has 2 N–H and O–H groups in total. The molecule has 0 fully saturated rings. The van der Waals surface area contributed by atoms with Gasteiger partial charge in [-0.1, -0.05) is 36.4 Å². The molecule has 0 aromatic heterocycles. The van der Waals surface area contributed by atoms with E-state index < -0.39 is 0 Å². The lowest BCUT2D eigenvalue weighted by molar-refractivity contribution is 0.0641. The number of carbonyl (C=O) groups is 4. The highest BCUT2D eigenvalue weighted by molar-refractivity contribution is 6.21. The summed E-state index contributed by atoms with van der Waals surface area (Å²) in [5.74, 6) is -1.03. The highest BCUT2D eigenvalue weighted by Gasteiger charge is 2.34. The third-order valence-electron chi connectivity index (χ3n) is 5.33. The van der Waals surface area contributed by atoms with Crippen LogP contribution >= 0.6 is 0 Å². The number of imide groups is 1. The molecule has 0 spiro atoms. The minimum Gasteiger partial charge on any atom is -0.355 e. The molecule has 4 rings (SSSR count). The van der Waals surface area contributed by atoms with E-state index in [1.165, 1.54) is 4.90 Å². The summed E-state index contributed by atoms with van der Waals surface area (Å²) in [4.78, 5) is 50.3. The minimum absolute atomic E-state index is 0.145. The number of amides is 4. The minimum atomic E-state index is -0.310. The highest BCUT2D eigenvalue weighted by atomic mass is 16.2. The smallest absolute Gasteiger partial charge is 0.261 e. The van der Waals surface area contributed by atoms with E-state index in [-0.39, 0.29) is 30.2 Å². The first kappa shape index (κ1) is 21.0. The predicted octanol–water partition coefficient (Wildman–Crippen LogP) is 2.77. The maximum atomic E-state index is 12.5. The van der Waals surface area contributed by atoms with Crippen molar-refractivity contribution in [2.24, 2.45) is 0 Å². The molecule has 160 valence electrons. The third-order valence-corrected chi connectivity index (χ3v) is 5.33. The first-order valence-electron chi connectivity index (χ1n) is 10.1. The Bertz CT molecular complexity index is 1170. The zero-order chi connectivity index (χ0) is 22.7. The van der Waals surface area contributed by atoms with Crippen LogP contribution in [0.3, 0.4) is 0 Å². The SMILES string of the molecule is CNC(=O)c1ccc(CNC(=O)c2ccc(CN3C(=O)c4ccccc4C3=O)cc2)cc1. The molecule has 0 saturated carbocycles. The van der Waals surface area contributed by atoms with Crippen LogP contribution in [0.2, 0.25) is 0 Å². The largest absolute Gasteiger partial charge is 0.355 e. The van der Waals surface area contributed by atoms with E-state index in [9.17, 15) is 19.2 Å². The topological polar surface area (TPSA) is 95.6 Å². The van der Waals surface area contributed by atoms with Gasteiger partial charge in [-0.3, -0.25) is 24.1 Å². The summed E-state index contributed by atoms with van der Waals surface area (Å²) in [7, 11) is 1.57. The fraction of sp³-hybridized carbons (Fsp3) is 0.120. The lowest BCUT2D eigenvalue weighted by Crippen LogP contribution is -2.29. The molecule has 0 atom stereocenters. The van der Waals surface area contributed by atoms with Crippen molar-refractivity contribution in [2.75, 3.05) is 7.05 Å². The monoisotopic (exact) mass is 427 g/mol. The third kappa shape index (κ3) is 4.13. The molecule has 7 heteroatoms. The van der Waals surface area contributed by atoms with Gasteiger partial charge in [-0.05, 0) is 47.5 Å². The van der Waals surface area contributed by atoms with E-state index in [0.29, 0.717) is 28.8 Å². The Balaban J connectivity index is 1.35. The molecule has 0 saturated heterocycles. The van der Waals surface area contributed by atoms with Crippen LogP contribution < -0.4 is 10.6 Å². The second kappa shape index (κ2) is 8.85. The van der Waals surface area contributed by atoms with E-state index in [0.717, 1.165) is 11.1 Å². The summed E-state index contributed by atoms with van der Waals surface area (Å²) in [6.07, 6.45) is 0. The van der Waals surface area contributed by atoms with Crippen molar-refractivity contribution in [1.82, 2.24) is 15.5 Å². The molecule has 1 aliphatic rings. The molecule has 0 aliphatic carbocycles. The number of nitrogens with zero attached hydrogens (tertiary/aromatic N) is 1. The summed E-state index contributed by atoms with van der Waals surface area (Å²) in [6, 6.07) is 20.5. The summed E-state index contributed by atoms with van der Waals surface area (Å²) in [6.45, 7) is 0.468. The molecular weight excluding hydrogens is 406 g/mol. The summed E-state index contributed by atoms with van der Waals surface area (Å²) >= 11 is 0. The average molecular weight is 427 g/mol. The van der Waals surface area contributed by atoms with E-state index in [4.69, 9.17) is 0 Å². The van der Waals surface area contributed by atoms with Gasteiger partial charge < -0.3 is 10.6 Å². The first-order valence-corrected chi connectivity index (χ1v) is 10.1. The number of benzene rings is 3. The van der Waals surface area contributed by atoms with Crippen molar-refractivity contribution in [3.63, 3.8) is 0 Å².